The van der Waals surface area contributed by atoms with Gasteiger partial charge in [0.15, 0.2) is 0 Å². The highest BCUT2D eigenvalue weighted by atomic mass is 79.9. The Morgan fingerprint density at radius 1 is 1.35 bits per heavy atom. The lowest BCUT2D eigenvalue weighted by Crippen LogP contribution is -2.06. The number of aliphatic hydroxyl groups is 1. The third kappa shape index (κ3) is 3.65. The van der Waals surface area contributed by atoms with Crippen LogP contribution in [0.1, 0.15) is 27.7 Å². The summed E-state index contributed by atoms with van der Waals surface area (Å²) in [5.74, 6) is -0.417. The summed E-state index contributed by atoms with van der Waals surface area (Å²) in [5.41, 5.74) is 1.86. The second-order valence-electron chi connectivity index (χ2n) is 4.29. The lowest BCUT2D eigenvalue weighted by Gasteiger charge is -2.11. The number of rotatable bonds is 4. The van der Waals surface area contributed by atoms with Crippen molar-refractivity contribution in [3.8, 4) is 0 Å². The van der Waals surface area contributed by atoms with Crippen LogP contribution >= 0.6 is 15.9 Å². The van der Waals surface area contributed by atoms with Gasteiger partial charge >= 0.3 is 5.97 Å². The first-order chi connectivity index (χ1) is 9.60. The largest absolute Gasteiger partial charge is 0.465 e. The predicted molar refractivity (Wildman–Crippen MR) is 78.4 cm³/mol. The highest BCUT2D eigenvalue weighted by Crippen LogP contribution is 2.19. The van der Waals surface area contributed by atoms with Crippen LogP contribution in [0.15, 0.2) is 47.1 Å². The lowest BCUT2D eigenvalue weighted by molar-refractivity contribution is 0.0600. The van der Waals surface area contributed by atoms with Crippen LogP contribution in [0.2, 0.25) is 0 Å². The van der Waals surface area contributed by atoms with E-state index in [0.717, 1.165) is 10.3 Å². The van der Waals surface area contributed by atoms with Gasteiger partial charge in [-0.15, -0.1) is 0 Å². The van der Waals surface area contributed by atoms with Crippen molar-refractivity contribution in [3.63, 3.8) is 0 Å². The van der Waals surface area contributed by atoms with Gasteiger partial charge in [0.2, 0.25) is 0 Å². The molecule has 104 valence electrons. The minimum absolute atomic E-state index is 0.379. The van der Waals surface area contributed by atoms with Crippen LogP contribution in [-0.2, 0) is 11.2 Å². The van der Waals surface area contributed by atoms with E-state index < -0.39 is 12.1 Å². The van der Waals surface area contributed by atoms with Gasteiger partial charge in [-0.3, -0.25) is 0 Å². The smallest absolute Gasteiger partial charge is 0.337 e. The maximum Gasteiger partial charge on any atom is 0.337 e. The van der Waals surface area contributed by atoms with Crippen molar-refractivity contribution in [1.29, 1.82) is 0 Å². The summed E-state index contributed by atoms with van der Waals surface area (Å²) in [6, 6.07) is 12.3. The summed E-state index contributed by atoms with van der Waals surface area (Å²) >= 11 is 3.29. The Labute approximate surface area is 125 Å². The molecule has 1 heterocycles. The predicted octanol–water partition coefficient (Wildman–Crippen LogP) is 2.91. The summed E-state index contributed by atoms with van der Waals surface area (Å²) in [5, 5.41) is 10.2. The molecule has 0 aliphatic heterocycles. The number of carbonyl (C=O) groups excluding carboxylic acids is 1. The van der Waals surface area contributed by atoms with Crippen LogP contribution in [0, 0.1) is 0 Å². The number of hydrogen-bond donors (Lipinski definition) is 1. The number of hydrogen-bond acceptors (Lipinski definition) is 4. The topological polar surface area (TPSA) is 59.4 Å². The number of halogens is 1. The van der Waals surface area contributed by atoms with Crippen molar-refractivity contribution >= 4 is 21.9 Å². The second kappa shape index (κ2) is 6.63. The van der Waals surface area contributed by atoms with E-state index in [4.69, 9.17) is 0 Å². The van der Waals surface area contributed by atoms with Crippen molar-refractivity contribution in [2.75, 3.05) is 7.11 Å². The molecular weight excluding hydrogens is 322 g/mol. The third-order valence-corrected chi connectivity index (χ3v) is 3.31. The fourth-order valence-electron chi connectivity index (χ4n) is 1.87. The van der Waals surface area contributed by atoms with Gasteiger partial charge in [0.25, 0.3) is 0 Å². The maximum atomic E-state index is 11.5. The molecule has 0 fully saturated rings. The molecule has 0 amide bonds. The number of nitrogens with zero attached hydrogens (tertiary/aromatic N) is 1. The minimum atomic E-state index is -0.721. The number of methoxy groups -OCH3 is 1. The Bertz CT molecular complexity index is 616. The average Bonchev–Trinajstić information content (AvgIpc) is 2.46. The number of carbonyl (C=O) groups is 1. The van der Waals surface area contributed by atoms with Crippen molar-refractivity contribution in [2.24, 2.45) is 0 Å². The zero-order valence-corrected chi connectivity index (χ0v) is 12.5. The summed E-state index contributed by atoms with van der Waals surface area (Å²) in [7, 11) is 1.33. The van der Waals surface area contributed by atoms with Crippen molar-refractivity contribution in [3.05, 3.63) is 63.9 Å². The van der Waals surface area contributed by atoms with E-state index in [-0.39, 0.29) is 0 Å². The SMILES string of the molecule is COC(=O)c1cccc(C(O)Cc2cccc(Br)n2)c1. The molecule has 1 atom stereocenters. The standard InChI is InChI=1S/C15H14BrNO3/c1-20-15(19)11-5-2-4-10(8-11)13(18)9-12-6-3-7-14(16)17-12/h2-8,13,18H,9H2,1H3. The first-order valence-corrected chi connectivity index (χ1v) is 6.87. The van der Waals surface area contributed by atoms with Crippen LogP contribution in [-0.4, -0.2) is 23.2 Å². The lowest BCUT2D eigenvalue weighted by atomic mass is 10.0. The highest BCUT2D eigenvalue weighted by molar-refractivity contribution is 9.10. The molecule has 5 heteroatoms. The molecule has 1 aromatic carbocycles. The summed E-state index contributed by atoms with van der Waals surface area (Å²) < 4.78 is 5.39. The Kier molecular flexibility index (Phi) is 4.87. The number of pyridine rings is 1. The van der Waals surface area contributed by atoms with Crippen molar-refractivity contribution < 1.29 is 14.6 Å². The molecule has 0 aliphatic carbocycles. The molecule has 2 rings (SSSR count). The number of esters is 1. The first-order valence-electron chi connectivity index (χ1n) is 6.08. The highest BCUT2D eigenvalue weighted by Gasteiger charge is 2.13. The molecule has 2 aromatic rings. The van der Waals surface area contributed by atoms with Crippen LogP contribution in [0.5, 0.6) is 0 Å². The Hall–Kier alpha value is -1.72. The summed E-state index contributed by atoms with van der Waals surface area (Å²) in [6.07, 6.45) is -0.342. The van der Waals surface area contributed by atoms with E-state index in [1.807, 2.05) is 18.2 Å². The Balaban J connectivity index is 2.17. The fourth-order valence-corrected chi connectivity index (χ4v) is 2.25. The molecule has 1 unspecified atom stereocenters. The van der Waals surface area contributed by atoms with Gasteiger partial charge in [-0.1, -0.05) is 18.2 Å². The average molecular weight is 336 g/mol. The van der Waals surface area contributed by atoms with Crippen LogP contribution in [0.25, 0.3) is 0 Å². The molecule has 0 saturated heterocycles. The van der Waals surface area contributed by atoms with Gasteiger partial charge in [0, 0.05) is 12.1 Å². The molecule has 0 spiro atoms. The Morgan fingerprint density at radius 2 is 2.10 bits per heavy atom. The van der Waals surface area contributed by atoms with E-state index >= 15 is 0 Å². The van der Waals surface area contributed by atoms with Crippen LogP contribution < -0.4 is 0 Å². The number of ether oxygens (including phenoxy) is 1. The molecule has 0 saturated carbocycles. The fraction of sp³-hybridized carbons (Fsp3) is 0.200. The van der Waals surface area contributed by atoms with Crippen molar-refractivity contribution in [1.82, 2.24) is 4.98 Å². The molecule has 1 N–H and O–H groups in total. The number of aromatic nitrogens is 1. The molecule has 0 radical (unpaired) electrons. The maximum absolute atomic E-state index is 11.5. The Morgan fingerprint density at radius 3 is 2.80 bits per heavy atom. The van der Waals surface area contributed by atoms with Gasteiger partial charge in [0.05, 0.1) is 18.8 Å². The second-order valence-corrected chi connectivity index (χ2v) is 5.10. The van der Waals surface area contributed by atoms with Crippen molar-refractivity contribution in [2.45, 2.75) is 12.5 Å². The minimum Gasteiger partial charge on any atom is -0.465 e. The van der Waals surface area contributed by atoms with Gasteiger partial charge in [-0.05, 0) is 45.8 Å². The molecule has 0 aliphatic rings. The zero-order valence-electron chi connectivity index (χ0n) is 10.9. The van der Waals surface area contributed by atoms with E-state index in [2.05, 4.69) is 25.7 Å². The van der Waals surface area contributed by atoms with E-state index in [1.54, 1.807) is 24.3 Å². The normalized spacial score (nSPS) is 11.9. The number of benzene rings is 1. The van der Waals surface area contributed by atoms with Crippen LogP contribution in [0.3, 0.4) is 0 Å². The first kappa shape index (κ1) is 14.7. The van der Waals surface area contributed by atoms with E-state index in [9.17, 15) is 9.90 Å². The molecule has 4 nitrogen and oxygen atoms in total. The monoisotopic (exact) mass is 335 g/mol. The molecule has 20 heavy (non-hydrogen) atoms. The summed E-state index contributed by atoms with van der Waals surface area (Å²) in [4.78, 5) is 15.7. The summed E-state index contributed by atoms with van der Waals surface area (Å²) in [6.45, 7) is 0. The molecular formula is C15H14BrNO3. The zero-order chi connectivity index (χ0) is 14.5. The van der Waals surface area contributed by atoms with Crippen LogP contribution in [0.4, 0.5) is 0 Å². The third-order valence-electron chi connectivity index (χ3n) is 2.87. The molecule has 1 aromatic heterocycles. The number of aliphatic hydroxyl groups excluding tert-OH is 1. The van der Waals surface area contributed by atoms with Gasteiger partial charge < -0.3 is 9.84 Å². The van der Waals surface area contributed by atoms with Gasteiger partial charge in [0.1, 0.15) is 4.60 Å². The van der Waals surface area contributed by atoms with Gasteiger partial charge in [-0.2, -0.15) is 0 Å². The van der Waals surface area contributed by atoms with E-state index in [1.165, 1.54) is 7.11 Å². The quantitative estimate of drug-likeness (QED) is 0.689. The van der Waals surface area contributed by atoms with E-state index in [0.29, 0.717) is 17.5 Å². The van der Waals surface area contributed by atoms with Gasteiger partial charge in [-0.25, -0.2) is 9.78 Å². The molecule has 0 bridgehead atoms.